The number of fused-ring (bicyclic) bond motifs is 1. The van der Waals surface area contributed by atoms with Crippen molar-refractivity contribution in [3.63, 3.8) is 0 Å². The van der Waals surface area contributed by atoms with Crippen molar-refractivity contribution in [1.82, 2.24) is 5.32 Å². The van der Waals surface area contributed by atoms with Crippen LogP contribution in [0.25, 0.3) is 0 Å². The molecule has 0 aliphatic carbocycles. The van der Waals surface area contributed by atoms with Crippen LogP contribution < -0.4 is 10.1 Å². The molecule has 0 fully saturated rings. The van der Waals surface area contributed by atoms with E-state index in [1.807, 2.05) is 30.5 Å². The van der Waals surface area contributed by atoms with E-state index in [9.17, 15) is 14.8 Å². The molecule has 20 heavy (non-hydrogen) atoms. The van der Waals surface area contributed by atoms with Crippen LogP contribution in [0, 0.1) is 0 Å². The molecule has 0 bridgehead atoms. The van der Waals surface area contributed by atoms with Gasteiger partial charge < -0.3 is 20.1 Å². The maximum Gasteiger partial charge on any atom is 0.475 e. The molecule has 1 heterocycles. The minimum atomic E-state index is -1.58. The molecule has 1 amide bonds. The summed E-state index contributed by atoms with van der Waals surface area (Å²) < 4.78 is 5.56. The molecule has 108 valence electrons. The number of nitrogens with one attached hydrogen (secondary N) is 1. The van der Waals surface area contributed by atoms with E-state index in [1.54, 1.807) is 0 Å². The Bertz CT molecular complexity index is 471. The number of hydrogen-bond acceptors (Lipinski definition) is 5. The molecule has 0 aromatic heterocycles. The van der Waals surface area contributed by atoms with Crippen molar-refractivity contribution in [3.8, 4) is 5.75 Å². The van der Waals surface area contributed by atoms with Gasteiger partial charge in [-0.15, -0.1) is 0 Å². The van der Waals surface area contributed by atoms with E-state index in [4.69, 9.17) is 4.74 Å². The highest BCUT2D eigenvalue weighted by molar-refractivity contribution is 7.99. The smallest absolute Gasteiger partial charge is 0.475 e. The zero-order valence-corrected chi connectivity index (χ0v) is 12.1. The fourth-order valence-electron chi connectivity index (χ4n) is 2.37. The van der Waals surface area contributed by atoms with Gasteiger partial charge in [0.25, 0.3) is 0 Å². The van der Waals surface area contributed by atoms with Crippen LogP contribution in [0.15, 0.2) is 24.3 Å². The first kappa shape index (κ1) is 15.2. The number of benzene rings is 1. The molecule has 1 aliphatic rings. The molecule has 2 unspecified atom stereocenters. The van der Waals surface area contributed by atoms with Crippen LogP contribution >= 0.6 is 11.8 Å². The van der Waals surface area contributed by atoms with Gasteiger partial charge in [0.05, 0.1) is 18.3 Å². The molecule has 3 N–H and O–H groups in total. The van der Waals surface area contributed by atoms with Crippen molar-refractivity contribution in [2.75, 3.05) is 18.6 Å². The Morgan fingerprint density at radius 2 is 2.30 bits per heavy atom. The largest absolute Gasteiger partial charge is 0.493 e. The van der Waals surface area contributed by atoms with Gasteiger partial charge in [-0.2, -0.15) is 11.8 Å². The van der Waals surface area contributed by atoms with Gasteiger partial charge >= 0.3 is 7.12 Å². The van der Waals surface area contributed by atoms with Gasteiger partial charge in [0, 0.05) is 11.5 Å². The number of rotatable bonds is 6. The molecule has 0 spiro atoms. The molecule has 5 nitrogen and oxygen atoms in total. The minimum absolute atomic E-state index is 0.0626. The molecule has 2 atom stereocenters. The fraction of sp³-hybridized carbons (Fsp3) is 0.462. The normalized spacial score (nSPS) is 18.1. The minimum Gasteiger partial charge on any atom is -0.493 e. The van der Waals surface area contributed by atoms with Crippen molar-refractivity contribution < 1.29 is 19.6 Å². The Morgan fingerprint density at radius 1 is 1.55 bits per heavy atom. The molecular formula is C13H18BNO4S. The number of carbonyl (C=O) groups excluding carboxylic acids is 1. The number of hydrogen-bond donors (Lipinski definition) is 3. The third-order valence-electron chi connectivity index (χ3n) is 3.32. The van der Waals surface area contributed by atoms with E-state index in [0.717, 1.165) is 11.3 Å². The SMILES string of the molecule is CSCC(=O)NC(CC1COc2ccccc21)B(O)O. The number of ether oxygens (including phenoxy) is 1. The maximum absolute atomic E-state index is 11.6. The quantitative estimate of drug-likeness (QED) is 0.663. The number of thioether (sulfide) groups is 1. The molecule has 1 aromatic rings. The van der Waals surface area contributed by atoms with Crippen LogP contribution in [0.4, 0.5) is 0 Å². The van der Waals surface area contributed by atoms with Crippen LogP contribution in [0.3, 0.4) is 0 Å². The predicted molar refractivity (Wildman–Crippen MR) is 79.8 cm³/mol. The van der Waals surface area contributed by atoms with Crippen molar-refractivity contribution in [1.29, 1.82) is 0 Å². The van der Waals surface area contributed by atoms with Crippen molar-refractivity contribution in [2.24, 2.45) is 0 Å². The van der Waals surface area contributed by atoms with Gasteiger partial charge in [-0.05, 0) is 18.7 Å². The Balaban J connectivity index is 2.01. The third-order valence-corrected chi connectivity index (χ3v) is 3.87. The maximum atomic E-state index is 11.6. The first-order chi connectivity index (χ1) is 9.61. The van der Waals surface area contributed by atoms with Crippen molar-refractivity contribution >= 4 is 24.8 Å². The third kappa shape index (κ3) is 3.68. The summed E-state index contributed by atoms with van der Waals surface area (Å²) in [5.74, 6) is 0.324. The first-order valence-corrected chi connectivity index (χ1v) is 7.87. The molecule has 1 aliphatic heterocycles. The van der Waals surface area contributed by atoms with Gasteiger partial charge in [0.2, 0.25) is 5.91 Å². The van der Waals surface area contributed by atoms with E-state index >= 15 is 0 Å². The molecule has 0 saturated carbocycles. The summed E-state index contributed by atoms with van der Waals surface area (Å²) in [6.45, 7) is 0.501. The van der Waals surface area contributed by atoms with Crippen LogP contribution in [0.5, 0.6) is 5.75 Å². The van der Waals surface area contributed by atoms with Gasteiger partial charge in [-0.25, -0.2) is 0 Å². The lowest BCUT2D eigenvalue weighted by molar-refractivity contribution is -0.119. The van der Waals surface area contributed by atoms with Crippen LogP contribution in [-0.4, -0.2) is 47.6 Å². The van der Waals surface area contributed by atoms with Gasteiger partial charge in [0.1, 0.15) is 5.75 Å². The Hall–Kier alpha value is -1.18. The van der Waals surface area contributed by atoms with Crippen LogP contribution in [-0.2, 0) is 4.79 Å². The second kappa shape index (κ2) is 7.01. The lowest BCUT2D eigenvalue weighted by Gasteiger charge is -2.20. The summed E-state index contributed by atoms with van der Waals surface area (Å²) in [7, 11) is -1.58. The number of amides is 1. The Labute approximate surface area is 122 Å². The lowest BCUT2D eigenvalue weighted by atomic mass is 9.73. The lowest BCUT2D eigenvalue weighted by Crippen LogP contribution is -2.48. The van der Waals surface area contributed by atoms with E-state index in [-0.39, 0.29) is 11.8 Å². The molecular weight excluding hydrogens is 277 g/mol. The summed E-state index contributed by atoms with van der Waals surface area (Å²) in [6.07, 6.45) is 2.26. The van der Waals surface area contributed by atoms with Crippen molar-refractivity contribution in [2.45, 2.75) is 18.3 Å². The molecule has 1 aromatic carbocycles. The summed E-state index contributed by atoms with van der Waals surface area (Å²) in [5.41, 5.74) is 1.05. The average Bonchev–Trinajstić information content (AvgIpc) is 2.82. The Kier molecular flexibility index (Phi) is 5.34. The highest BCUT2D eigenvalue weighted by Crippen LogP contribution is 2.36. The van der Waals surface area contributed by atoms with Crippen molar-refractivity contribution in [3.05, 3.63) is 29.8 Å². The summed E-state index contributed by atoms with van der Waals surface area (Å²) >= 11 is 1.39. The van der Waals surface area contributed by atoms with E-state index in [1.165, 1.54) is 11.8 Å². The topological polar surface area (TPSA) is 78.8 Å². The standard InChI is InChI=1S/C13H18BNO4S/c1-20-8-13(16)15-12(14(17)18)6-9-7-19-11-5-3-2-4-10(9)11/h2-5,9,12,17-18H,6-8H2,1H3,(H,15,16). The highest BCUT2D eigenvalue weighted by Gasteiger charge is 2.32. The highest BCUT2D eigenvalue weighted by atomic mass is 32.2. The van der Waals surface area contributed by atoms with E-state index in [0.29, 0.717) is 18.8 Å². The van der Waals surface area contributed by atoms with Crippen LogP contribution in [0.1, 0.15) is 17.9 Å². The van der Waals surface area contributed by atoms with E-state index < -0.39 is 13.1 Å². The zero-order valence-electron chi connectivity index (χ0n) is 11.3. The van der Waals surface area contributed by atoms with Crippen LogP contribution in [0.2, 0.25) is 0 Å². The number of carbonyl (C=O) groups is 1. The molecule has 7 heteroatoms. The van der Waals surface area contributed by atoms with Gasteiger partial charge in [0.15, 0.2) is 0 Å². The molecule has 2 rings (SSSR count). The van der Waals surface area contributed by atoms with Gasteiger partial charge in [-0.3, -0.25) is 4.79 Å². The van der Waals surface area contributed by atoms with E-state index in [2.05, 4.69) is 5.32 Å². The fourth-order valence-corrected chi connectivity index (χ4v) is 2.71. The zero-order chi connectivity index (χ0) is 14.5. The Morgan fingerprint density at radius 3 is 3.00 bits per heavy atom. The predicted octanol–water partition coefficient (Wildman–Crippen LogP) is 0.412. The monoisotopic (exact) mass is 295 g/mol. The van der Waals surface area contributed by atoms with Gasteiger partial charge in [-0.1, -0.05) is 18.2 Å². The second-order valence-corrected chi connectivity index (χ2v) is 5.67. The average molecular weight is 295 g/mol. The number of para-hydroxylation sites is 1. The second-order valence-electron chi connectivity index (χ2n) is 4.80. The molecule has 0 radical (unpaired) electrons. The molecule has 0 saturated heterocycles. The summed E-state index contributed by atoms with van der Waals surface area (Å²) in [4.78, 5) is 11.6. The first-order valence-electron chi connectivity index (χ1n) is 6.48. The summed E-state index contributed by atoms with van der Waals surface area (Å²) in [6, 6.07) is 7.70. The summed E-state index contributed by atoms with van der Waals surface area (Å²) in [5, 5.41) is 21.5.